The lowest BCUT2D eigenvalue weighted by Gasteiger charge is -2.35. The first-order chi connectivity index (χ1) is 9.18. The van der Waals surface area contributed by atoms with E-state index < -0.39 is 0 Å². The van der Waals surface area contributed by atoms with E-state index >= 15 is 0 Å². The predicted molar refractivity (Wildman–Crippen MR) is 80.2 cm³/mol. The van der Waals surface area contributed by atoms with Crippen LogP contribution >= 0.6 is 0 Å². The van der Waals surface area contributed by atoms with Crippen molar-refractivity contribution in [2.45, 2.75) is 46.5 Å². The smallest absolute Gasteiger partial charge is 0.227 e. The Labute approximate surface area is 118 Å². The van der Waals surface area contributed by atoms with Crippen LogP contribution < -0.4 is 10.6 Å². The van der Waals surface area contributed by atoms with Crippen LogP contribution in [0.25, 0.3) is 0 Å². The Morgan fingerprint density at radius 3 is 2.58 bits per heavy atom. The Bertz CT molecular complexity index is 258. The van der Waals surface area contributed by atoms with E-state index in [0.29, 0.717) is 0 Å². The van der Waals surface area contributed by atoms with E-state index in [1.165, 1.54) is 0 Å². The minimum absolute atomic E-state index is 0.159. The van der Waals surface area contributed by atoms with Gasteiger partial charge in [-0.3, -0.25) is 4.79 Å². The van der Waals surface area contributed by atoms with E-state index in [2.05, 4.69) is 36.3 Å². The van der Waals surface area contributed by atoms with Gasteiger partial charge in [0.2, 0.25) is 5.91 Å². The molecule has 1 atom stereocenters. The lowest BCUT2D eigenvalue weighted by Crippen LogP contribution is -2.50. The van der Waals surface area contributed by atoms with Gasteiger partial charge in [-0.25, -0.2) is 0 Å². The summed E-state index contributed by atoms with van der Waals surface area (Å²) in [6.45, 7) is 12.4. The van der Waals surface area contributed by atoms with Crippen molar-refractivity contribution in [3.8, 4) is 0 Å². The Morgan fingerprint density at radius 1 is 1.32 bits per heavy atom. The molecule has 1 rings (SSSR count). The number of nitrogens with one attached hydrogen (secondary N) is 2. The van der Waals surface area contributed by atoms with E-state index in [4.69, 9.17) is 0 Å². The van der Waals surface area contributed by atoms with Crippen molar-refractivity contribution in [1.29, 1.82) is 0 Å². The maximum absolute atomic E-state index is 12.4. The van der Waals surface area contributed by atoms with E-state index in [1.54, 1.807) is 0 Å². The van der Waals surface area contributed by atoms with Crippen LogP contribution in [0.4, 0.5) is 0 Å². The summed E-state index contributed by atoms with van der Waals surface area (Å²) in [6, 6.07) is 0. The summed E-state index contributed by atoms with van der Waals surface area (Å²) in [5.41, 5.74) is -0.159. The summed E-state index contributed by atoms with van der Waals surface area (Å²) in [5.74, 6) is 0.252. The largest absolute Gasteiger partial charge is 0.356 e. The van der Waals surface area contributed by atoms with Crippen molar-refractivity contribution >= 4 is 5.91 Å². The fourth-order valence-corrected chi connectivity index (χ4v) is 2.86. The number of rotatable bonds is 8. The number of hydrogen-bond acceptors (Lipinski definition) is 3. The molecule has 0 aromatic rings. The average molecular weight is 269 g/mol. The molecular formula is C15H31N3O. The number of nitrogens with zero attached hydrogens (tertiary/aromatic N) is 1. The Kier molecular flexibility index (Phi) is 7.39. The van der Waals surface area contributed by atoms with Crippen LogP contribution in [0.1, 0.15) is 46.5 Å². The molecule has 0 saturated carbocycles. The van der Waals surface area contributed by atoms with Crippen molar-refractivity contribution in [1.82, 2.24) is 15.5 Å². The topological polar surface area (TPSA) is 44.4 Å². The van der Waals surface area contributed by atoms with Gasteiger partial charge in [0.25, 0.3) is 0 Å². The number of carbonyl (C=O) groups is 1. The van der Waals surface area contributed by atoms with Crippen LogP contribution in [0.15, 0.2) is 0 Å². The van der Waals surface area contributed by atoms with E-state index in [9.17, 15) is 4.79 Å². The molecule has 19 heavy (non-hydrogen) atoms. The first kappa shape index (κ1) is 16.4. The molecule has 2 N–H and O–H groups in total. The van der Waals surface area contributed by atoms with Crippen LogP contribution in [0.3, 0.4) is 0 Å². The Hall–Kier alpha value is -0.610. The zero-order valence-corrected chi connectivity index (χ0v) is 12.9. The number of hydrogen-bond donors (Lipinski definition) is 2. The maximum Gasteiger partial charge on any atom is 0.227 e. The molecule has 1 aliphatic heterocycles. The van der Waals surface area contributed by atoms with Crippen molar-refractivity contribution in [2.75, 3.05) is 39.3 Å². The molecule has 0 aliphatic carbocycles. The van der Waals surface area contributed by atoms with Gasteiger partial charge < -0.3 is 15.5 Å². The molecule has 1 aliphatic rings. The zero-order valence-electron chi connectivity index (χ0n) is 12.9. The Balaban J connectivity index is 2.29. The lowest BCUT2D eigenvalue weighted by molar-refractivity contribution is -0.132. The second kappa shape index (κ2) is 8.54. The van der Waals surface area contributed by atoms with Gasteiger partial charge in [-0.2, -0.15) is 0 Å². The van der Waals surface area contributed by atoms with Crippen molar-refractivity contribution in [2.24, 2.45) is 5.41 Å². The van der Waals surface area contributed by atoms with Crippen LogP contribution in [0, 0.1) is 5.41 Å². The molecule has 1 heterocycles. The minimum Gasteiger partial charge on any atom is -0.356 e. The molecule has 4 heteroatoms. The van der Waals surface area contributed by atoms with Gasteiger partial charge in [0, 0.05) is 13.1 Å². The first-order valence-corrected chi connectivity index (χ1v) is 7.90. The number of piperidine rings is 1. The Morgan fingerprint density at radius 2 is 2.05 bits per heavy atom. The minimum atomic E-state index is -0.159. The molecule has 1 fully saturated rings. The van der Waals surface area contributed by atoms with Crippen molar-refractivity contribution in [3.63, 3.8) is 0 Å². The number of amides is 1. The second-order valence-corrected chi connectivity index (χ2v) is 5.55. The van der Waals surface area contributed by atoms with E-state index in [0.717, 1.165) is 65.0 Å². The molecule has 0 radical (unpaired) electrons. The molecule has 1 saturated heterocycles. The summed E-state index contributed by atoms with van der Waals surface area (Å²) in [5, 5.41) is 6.51. The second-order valence-electron chi connectivity index (χ2n) is 5.55. The van der Waals surface area contributed by atoms with E-state index in [-0.39, 0.29) is 11.3 Å². The summed E-state index contributed by atoms with van der Waals surface area (Å²) in [6.07, 6.45) is 4.11. The molecular weight excluding hydrogens is 238 g/mol. The third kappa shape index (κ3) is 4.77. The molecule has 4 nitrogen and oxygen atoms in total. The van der Waals surface area contributed by atoms with Crippen LogP contribution in [-0.4, -0.2) is 50.1 Å². The van der Waals surface area contributed by atoms with E-state index in [1.807, 2.05) is 0 Å². The highest BCUT2D eigenvalue weighted by atomic mass is 16.2. The van der Waals surface area contributed by atoms with Gasteiger partial charge in [0.1, 0.15) is 0 Å². The van der Waals surface area contributed by atoms with Gasteiger partial charge >= 0.3 is 0 Å². The third-order valence-electron chi connectivity index (χ3n) is 4.46. The summed E-state index contributed by atoms with van der Waals surface area (Å²) >= 11 is 0. The lowest BCUT2D eigenvalue weighted by atomic mass is 9.77. The maximum atomic E-state index is 12.4. The van der Waals surface area contributed by atoms with Crippen LogP contribution in [0.2, 0.25) is 0 Å². The standard InChI is InChI=1S/C15H31N3O/c1-4-15(9-7-10-16-13-15)14(19)17-11-8-12-18(5-2)6-3/h16H,4-13H2,1-3H3,(H,17,19). The van der Waals surface area contributed by atoms with Gasteiger partial charge in [-0.05, 0) is 51.9 Å². The molecule has 0 aromatic carbocycles. The normalized spacial score (nSPS) is 23.6. The molecule has 0 aromatic heterocycles. The summed E-state index contributed by atoms with van der Waals surface area (Å²) < 4.78 is 0. The van der Waals surface area contributed by atoms with Crippen LogP contribution in [-0.2, 0) is 4.79 Å². The van der Waals surface area contributed by atoms with Gasteiger partial charge in [-0.1, -0.05) is 20.8 Å². The summed E-state index contributed by atoms with van der Waals surface area (Å²) in [4.78, 5) is 14.8. The van der Waals surface area contributed by atoms with Gasteiger partial charge in [0.15, 0.2) is 0 Å². The predicted octanol–water partition coefficient (Wildman–Crippen LogP) is 1.61. The fraction of sp³-hybridized carbons (Fsp3) is 0.933. The fourth-order valence-electron chi connectivity index (χ4n) is 2.86. The van der Waals surface area contributed by atoms with Crippen molar-refractivity contribution < 1.29 is 4.79 Å². The quantitative estimate of drug-likeness (QED) is 0.658. The molecule has 1 amide bonds. The van der Waals surface area contributed by atoms with Gasteiger partial charge in [-0.15, -0.1) is 0 Å². The van der Waals surface area contributed by atoms with Crippen molar-refractivity contribution in [3.05, 3.63) is 0 Å². The van der Waals surface area contributed by atoms with Crippen LogP contribution in [0.5, 0.6) is 0 Å². The highest BCUT2D eigenvalue weighted by Gasteiger charge is 2.37. The average Bonchev–Trinajstić information content (AvgIpc) is 2.47. The molecule has 112 valence electrons. The molecule has 0 bridgehead atoms. The third-order valence-corrected chi connectivity index (χ3v) is 4.46. The molecule has 1 unspecified atom stereocenters. The zero-order chi connectivity index (χ0) is 14.1. The van der Waals surface area contributed by atoms with Gasteiger partial charge in [0.05, 0.1) is 5.41 Å². The first-order valence-electron chi connectivity index (χ1n) is 7.90. The molecule has 0 spiro atoms. The monoisotopic (exact) mass is 269 g/mol. The number of carbonyl (C=O) groups excluding carboxylic acids is 1. The highest BCUT2D eigenvalue weighted by Crippen LogP contribution is 2.30. The highest BCUT2D eigenvalue weighted by molar-refractivity contribution is 5.82. The summed E-state index contributed by atoms with van der Waals surface area (Å²) in [7, 11) is 0. The SMILES string of the molecule is CCN(CC)CCCNC(=O)C1(CC)CCCNC1.